The van der Waals surface area contributed by atoms with Crippen LogP contribution in [0.15, 0.2) is 12.4 Å². The highest BCUT2D eigenvalue weighted by Gasteiger charge is 2.25. The van der Waals surface area contributed by atoms with Crippen molar-refractivity contribution in [2.75, 3.05) is 19.6 Å². The molecule has 25 heavy (non-hydrogen) atoms. The molecule has 2 aromatic heterocycles. The number of rotatable bonds is 5. The van der Waals surface area contributed by atoms with Crippen LogP contribution in [0.3, 0.4) is 0 Å². The minimum absolute atomic E-state index is 0.500. The number of aromatic nitrogens is 5. The molecule has 6 heteroatoms. The lowest BCUT2D eigenvalue weighted by atomic mass is 9.96. The van der Waals surface area contributed by atoms with E-state index in [2.05, 4.69) is 54.9 Å². The number of piperidine rings is 1. The standard InChI is InChI=1S/C19H28N6/c1-4-6-7-11-23-12-8-17(9-13-23)19-22-21-18(25(19)5-2)15-24-14-10-20-16(24)3/h10,14,17H,4-5,8-9,11-13,15H2,1-3H3. The van der Waals surface area contributed by atoms with E-state index in [1.54, 1.807) is 0 Å². The summed E-state index contributed by atoms with van der Waals surface area (Å²) in [6.45, 7) is 11.0. The van der Waals surface area contributed by atoms with Gasteiger partial charge in [0.2, 0.25) is 0 Å². The van der Waals surface area contributed by atoms with Crippen molar-refractivity contribution in [1.29, 1.82) is 0 Å². The van der Waals surface area contributed by atoms with Crippen molar-refractivity contribution in [2.45, 2.75) is 59.0 Å². The summed E-state index contributed by atoms with van der Waals surface area (Å²) in [6, 6.07) is 0. The summed E-state index contributed by atoms with van der Waals surface area (Å²) < 4.78 is 4.41. The molecule has 0 spiro atoms. The van der Waals surface area contributed by atoms with Crippen LogP contribution in [0.4, 0.5) is 0 Å². The fourth-order valence-corrected chi connectivity index (χ4v) is 3.48. The maximum atomic E-state index is 4.55. The highest BCUT2D eigenvalue weighted by Crippen LogP contribution is 2.27. The Morgan fingerprint density at radius 1 is 1.16 bits per heavy atom. The van der Waals surface area contributed by atoms with E-state index in [9.17, 15) is 0 Å². The largest absolute Gasteiger partial charge is 0.328 e. The summed E-state index contributed by atoms with van der Waals surface area (Å²) >= 11 is 0. The summed E-state index contributed by atoms with van der Waals surface area (Å²) in [4.78, 5) is 6.74. The average Bonchev–Trinajstić information content (AvgIpc) is 3.22. The monoisotopic (exact) mass is 340 g/mol. The first kappa shape index (κ1) is 17.7. The van der Waals surface area contributed by atoms with Crippen LogP contribution in [0, 0.1) is 18.8 Å². The van der Waals surface area contributed by atoms with Gasteiger partial charge in [0.25, 0.3) is 0 Å². The first-order valence-electron chi connectivity index (χ1n) is 9.30. The molecule has 0 atom stereocenters. The molecule has 0 aliphatic carbocycles. The maximum Gasteiger partial charge on any atom is 0.153 e. The van der Waals surface area contributed by atoms with Gasteiger partial charge in [-0.2, -0.15) is 0 Å². The third kappa shape index (κ3) is 4.10. The Morgan fingerprint density at radius 2 is 1.96 bits per heavy atom. The van der Waals surface area contributed by atoms with Crippen LogP contribution < -0.4 is 0 Å². The number of hydrogen-bond acceptors (Lipinski definition) is 4. The molecule has 2 aromatic rings. The van der Waals surface area contributed by atoms with Gasteiger partial charge in [-0.05, 0) is 39.8 Å². The Morgan fingerprint density at radius 3 is 2.60 bits per heavy atom. The molecule has 1 aliphatic heterocycles. The van der Waals surface area contributed by atoms with Gasteiger partial charge in [0.05, 0.1) is 13.1 Å². The van der Waals surface area contributed by atoms with E-state index in [4.69, 9.17) is 0 Å². The van der Waals surface area contributed by atoms with Crippen molar-refractivity contribution in [3.63, 3.8) is 0 Å². The van der Waals surface area contributed by atoms with Crippen molar-refractivity contribution in [3.05, 3.63) is 29.9 Å². The molecule has 0 aromatic carbocycles. The molecular weight excluding hydrogens is 312 g/mol. The molecular formula is C19H28N6. The van der Waals surface area contributed by atoms with E-state index in [0.717, 1.165) is 69.5 Å². The minimum atomic E-state index is 0.500. The summed E-state index contributed by atoms with van der Waals surface area (Å²) in [6.07, 6.45) is 7.04. The lowest BCUT2D eigenvalue weighted by molar-refractivity contribution is 0.229. The van der Waals surface area contributed by atoms with Crippen LogP contribution in [0.2, 0.25) is 0 Å². The highest BCUT2D eigenvalue weighted by atomic mass is 15.3. The van der Waals surface area contributed by atoms with Gasteiger partial charge in [0.1, 0.15) is 11.6 Å². The summed E-state index contributed by atoms with van der Waals surface area (Å²) in [5.74, 6) is 10.1. The molecule has 1 fully saturated rings. The Balaban J connectivity index is 1.66. The summed E-state index contributed by atoms with van der Waals surface area (Å²) in [5.41, 5.74) is 0. The number of aryl methyl sites for hydroxylation is 1. The predicted molar refractivity (Wildman–Crippen MR) is 98.2 cm³/mol. The van der Waals surface area contributed by atoms with Crippen LogP contribution in [-0.2, 0) is 13.1 Å². The lowest BCUT2D eigenvalue weighted by Crippen LogP contribution is -2.34. The van der Waals surface area contributed by atoms with Crippen LogP contribution in [0.1, 0.15) is 56.5 Å². The van der Waals surface area contributed by atoms with Crippen molar-refractivity contribution in [1.82, 2.24) is 29.2 Å². The third-order valence-corrected chi connectivity index (χ3v) is 4.96. The molecule has 1 aliphatic rings. The Kier molecular flexibility index (Phi) is 5.87. The second-order valence-corrected chi connectivity index (χ2v) is 6.58. The fraction of sp³-hybridized carbons (Fsp3) is 0.632. The van der Waals surface area contributed by atoms with Gasteiger partial charge in [-0.15, -0.1) is 16.1 Å². The maximum absolute atomic E-state index is 4.55. The molecule has 0 saturated carbocycles. The third-order valence-electron chi connectivity index (χ3n) is 4.96. The average molecular weight is 340 g/mol. The molecule has 3 rings (SSSR count). The van der Waals surface area contributed by atoms with Gasteiger partial charge in [-0.1, -0.05) is 12.8 Å². The molecule has 0 unspecified atom stereocenters. The SMILES string of the molecule is CCC#CCN1CCC(c2nnc(Cn3ccnc3C)n2CC)CC1. The van der Waals surface area contributed by atoms with E-state index >= 15 is 0 Å². The summed E-state index contributed by atoms with van der Waals surface area (Å²) in [7, 11) is 0. The van der Waals surface area contributed by atoms with E-state index in [0.29, 0.717) is 5.92 Å². The summed E-state index contributed by atoms with van der Waals surface area (Å²) in [5, 5.41) is 9.04. The van der Waals surface area contributed by atoms with Crippen LogP contribution >= 0.6 is 0 Å². The van der Waals surface area contributed by atoms with Gasteiger partial charge >= 0.3 is 0 Å². The molecule has 134 valence electrons. The smallest absolute Gasteiger partial charge is 0.153 e. The predicted octanol–water partition coefficient (Wildman–Crippen LogP) is 2.44. The Labute approximate surface area is 150 Å². The highest BCUT2D eigenvalue weighted by molar-refractivity contribution is 5.07. The second kappa shape index (κ2) is 8.30. The molecule has 6 nitrogen and oxygen atoms in total. The van der Waals surface area contributed by atoms with E-state index < -0.39 is 0 Å². The number of hydrogen-bond donors (Lipinski definition) is 0. The quantitative estimate of drug-likeness (QED) is 0.785. The first-order valence-corrected chi connectivity index (χ1v) is 9.30. The van der Waals surface area contributed by atoms with E-state index in [-0.39, 0.29) is 0 Å². The van der Waals surface area contributed by atoms with Crippen LogP contribution in [0.25, 0.3) is 0 Å². The van der Waals surface area contributed by atoms with Crippen molar-refractivity contribution in [2.24, 2.45) is 0 Å². The molecule has 0 amide bonds. The van der Waals surface area contributed by atoms with Crippen molar-refractivity contribution < 1.29 is 0 Å². The molecule has 0 N–H and O–H groups in total. The van der Waals surface area contributed by atoms with E-state index in [1.165, 1.54) is 0 Å². The first-order chi connectivity index (χ1) is 12.2. The molecule has 1 saturated heterocycles. The zero-order chi connectivity index (χ0) is 17.6. The van der Waals surface area contributed by atoms with Crippen molar-refractivity contribution >= 4 is 0 Å². The van der Waals surface area contributed by atoms with Gasteiger partial charge in [-0.25, -0.2) is 4.98 Å². The van der Waals surface area contributed by atoms with Gasteiger partial charge in [0, 0.05) is 31.3 Å². The van der Waals surface area contributed by atoms with Crippen molar-refractivity contribution in [3.8, 4) is 11.8 Å². The fourth-order valence-electron chi connectivity index (χ4n) is 3.48. The zero-order valence-electron chi connectivity index (χ0n) is 15.6. The normalized spacial score (nSPS) is 16.0. The minimum Gasteiger partial charge on any atom is -0.328 e. The van der Waals surface area contributed by atoms with Crippen LogP contribution in [0.5, 0.6) is 0 Å². The zero-order valence-corrected chi connectivity index (χ0v) is 15.6. The Bertz CT molecular complexity index is 740. The van der Waals surface area contributed by atoms with Crippen LogP contribution in [-0.4, -0.2) is 48.8 Å². The number of likely N-dealkylation sites (tertiary alicyclic amines) is 1. The van der Waals surface area contributed by atoms with E-state index in [1.807, 2.05) is 19.3 Å². The number of imidazole rings is 1. The molecule has 3 heterocycles. The topological polar surface area (TPSA) is 51.8 Å². The number of nitrogens with zero attached hydrogens (tertiary/aromatic N) is 6. The second-order valence-electron chi connectivity index (χ2n) is 6.58. The van der Waals surface area contributed by atoms with Gasteiger partial charge in [-0.3, -0.25) is 4.90 Å². The van der Waals surface area contributed by atoms with Gasteiger partial charge in [0.15, 0.2) is 5.82 Å². The molecule has 0 radical (unpaired) electrons. The Hall–Kier alpha value is -2.13. The van der Waals surface area contributed by atoms with Gasteiger partial charge < -0.3 is 9.13 Å². The lowest BCUT2D eigenvalue weighted by Gasteiger charge is -2.30. The molecule has 0 bridgehead atoms.